The molecule has 0 spiro atoms. The van der Waals surface area contributed by atoms with Crippen LogP contribution in [0.2, 0.25) is 5.02 Å². The molecule has 1 fully saturated rings. The molecule has 5 rings (SSSR count). The third-order valence-corrected chi connectivity index (χ3v) is 8.95. The van der Waals surface area contributed by atoms with E-state index in [1.54, 1.807) is 23.1 Å². The van der Waals surface area contributed by atoms with Crippen LogP contribution in [-0.4, -0.2) is 76.9 Å². The predicted molar refractivity (Wildman–Crippen MR) is 133 cm³/mol. The lowest BCUT2D eigenvalue weighted by atomic mass is 10.2. The van der Waals surface area contributed by atoms with E-state index in [1.165, 1.54) is 21.1 Å². The molecule has 2 N–H and O–H groups in total. The van der Waals surface area contributed by atoms with Crippen molar-refractivity contribution in [2.45, 2.75) is 16.2 Å². The summed E-state index contributed by atoms with van der Waals surface area (Å²) in [5, 5.41) is 9.06. The Bertz CT molecular complexity index is 1360. The number of rotatable bonds is 6. The first kappa shape index (κ1) is 24.7. The Morgan fingerprint density at radius 3 is 2.47 bits per heavy atom. The predicted octanol–water partition coefficient (Wildman–Crippen LogP) is 1.78. The number of benzene rings is 2. The number of ether oxygens (including phenoxy) is 2. The van der Waals surface area contributed by atoms with Gasteiger partial charge in [0.25, 0.3) is 0 Å². The Morgan fingerprint density at radius 2 is 1.75 bits per heavy atom. The number of para-hydroxylation sites is 2. The number of carbonyl (C=O) groups excluding carboxylic acids is 1. The van der Waals surface area contributed by atoms with Crippen LogP contribution in [0.25, 0.3) is 0 Å². The molecule has 1 amide bonds. The van der Waals surface area contributed by atoms with E-state index in [9.17, 15) is 13.2 Å². The van der Waals surface area contributed by atoms with Gasteiger partial charge in [-0.15, -0.1) is 10.2 Å². The number of nitrogens with zero attached hydrogens (tertiary/aromatic N) is 5. The van der Waals surface area contributed by atoms with Gasteiger partial charge >= 0.3 is 0 Å². The summed E-state index contributed by atoms with van der Waals surface area (Å²) >= 11 is 7.02. The van der Waals surface area contributed by atoms with Crippen molar-refractivity contribution in [3.63, 3.8) is 0 Å². The molecule has 11 nitrogen and oxygen atoms in total. The second kappa shape index (κ2) is 10.2. The molecule has 0 saturated carbocycles. The number of amides is 1. The van der Waals surface area contributed by atoms with E-state index >= 15 is 0 Å². The maximum absolute atomic E-state index is 12.8. The van der Waals surface area contributed by atoms with Crippen LogP contribution in [0.15, 0.2) is 58.6 Å². The van der Waals surface area contributed by atoms with Gasteiger partial charge in [0.1, 0.15) is 6.61 Å². The molecule has 36 heavy (non-hydrogen) atoms. The lowest BCUT2D eigenvalue weighted by molar-refractivity contribution is -0.129. The van der Waals surface area contributed by atoms with Crippen LogP contribution in [0, 0.1) is 0 Å². The number of sulfonamides is 1. The molecule has 2 aliphatic heterocycles. The first-order valence-electron chi connectivity index (χ1n) is 11.1. The van der Waals surface area contributed by atoms with E-state index in [0.29, 0.717) is 40.6 Å². The highest BCUT2D eigenvalue weighted by Crippen LogP contribution is 2.35. The number of carbonyl (C=O) groups is 1. The Balaban J connectivity index is 1.15. The van der Waals surface area contributed by atoms with Crippen molar-refractivity contribution in [3.05, 3.63) is 59.4 Å². The van der Waals surface area contributed by atoms with E-state index < -0.39 is 16.1 Å². The van der Waals surface area contributed by atoms with Gasteiger partial charge in [0, 0.05) is 31.2 Å². The summed E-state index contributed by atoms with van der Waals surface area (Å²) in [6, 6.07) is 13.4. The van der Waals surface area contributed by atoms with Gasteiger partial charge in [0.15, 0.2) is 23.4 Å². The maximum Gasteiger partial charge on any atom is 0.243 e. The summed E-state index contributed by atoms with van der Waals surface area (Å²) < 4.78 is 40.0. The molecule has 0 bridgehead atoms. The Morgan fingerprint density at radius 1 is 1.06 bits per heavy atom. The fourth-order valence-corrected chi connectivity index (χ4v) is 6.22. The monoisotopic (exact) mass is 550 g/mol. The molecule has 14 heteroatoms. The lowest BCUT2D eigenvalue weighted by Crippen LogP contribution is -2.51. The van der Waals surface area contributed by atoms with Crippen LogP contribution in [0.1, 0.15) is 11.9 Å². The third-order valence-electron chi connectivity index (χ3n) is 5.85. The number of nitrogens with two attached hydrogens (primary N) is 1. The summed E-state index contributed by atoms with van der Waals surface area (Å²) in [7, 11) is -3.64. The van der Waals surface area contributed by atoms with Crippen molar-refractivity contribution in [1.29, 1.82) is 0 Å². The van der Waals surface area contributed by atoms with Crippen LogP contribution in [0.4, 0.5) is 0 Å². The molecule has 0 radical (unpaired) electrons. The topological polar surface area (TPSA) is 133 Å². The molecule has 1 saturated heterocycles. The van der Waals surface area contributed by atoms with Gasteiger partial charge in [-0.2, -0.15) is 4.31 Å². The third kappa shape index (κ3) is 4.96. The Kier molecular flexibility index (Phi) is 6.97. The standard InChI is InChI=1S/C22H23ClN6O5S2/c23-15-5-7-16(8-6-15)36(31,32)28-11-9-27(10-12-28)20(30)14-35-22-26-25-21(29(22)24)19-13-33-17-3-1-2-4-18(17)34-19/h1-8,19H,9-14,24H2. The summed E-state index contributed by atoms with van der Waals surface area (Å²) in [6.07, 6.45) is -0.530. The SMILES string of the molecule is Nn1c(SCC(=O)N2CCN(S(=O)(=O)c3ccc(Cl)cc3)CC2)nnc1C1COc2ccccc2O1. The van der Waals surface area contributed by atoms with Gasteiger partial charge < -0.3 is 20.2 Å². The second-order valence-corrected chi connectivity index (χ2v) is 11.4. The Labute approximate surface area is 217 Å². The van der Waals surface area contributed by atoms with Crippen LogP contribution >= 0.6 is 23.4 Å². The molecule has 2 aromatic carbocycles. The number of nitrogen functional groups attached to an aromatic ring is 1. The molecule has 2 aliphatic rings. The highest BCUT2D eigenvalue weighted by molar-refractivity contribution is 7.99. The highest BCUT2D eigenvalue weighted by Gasteiger charge is 2.31. The first-order valence-corrected chi connectivity index (χ1v) is 13.9. The zero-order valence-corrected chi connectivity index (χ0v) is 21.4. The summed E-state index contributed by atoms with van der Waals surface area (Å²) in [6.45, 7) is 1.23. The van der Waals surface area contributed by atoms with Crippen molar-refractivity contribution < 1.29 is 22.7 Å². The highest BCUT2D eigenvalue weighted by atomic mass is 35.5. The van der Waals surface area contributed by atoms with Crippen molar-refractivity contribution in [2.75, 3.05) is 44.4 Å². The van der Waals surface area contributed by atoms with Crippen LogP contribution in [-0.2, 0) is 14.8 Å². The minimum absolute atomic E-state index is 0.0874. The van der Waals surface area contributed by atoms with Crippen molar-refractivity contribution in [2.24, 2.45) is 0 Å². The molecule has 1 unspecified atom stereocenters. The van der Waals surface area contributed by atoms with Crippen LogP contribution < -0.4 is 15.3 Å². The maximum atomic E-state index is 12.8. The van der Waals surface area contributed by atoms with Crippen LogP contribution in [0.3, 0.4) is 0 Å². The van der Waals surface area contributed by atoms with E-state index in [1.807, 2.05) is 18.2 Å². The minimum atomic E-state index is -3.64. The fourth-order valence-electron chi connectivity index (χ4n) is 3.90. The summed E-state index contributed by atoms with van der Waals surface area (Å²) in [5.41, 5.74) is 0. The van der Waals surface area contributed by atoms with E-state index in [0.717, 1.165) is 11.8 Å². The number of hydrogen-bond donors (Lipinski definition) is 1. The van der Waals surface area contributed by atoms with E-state index in [-0.39, 0.29) is 36.3 Å². The van der Waals surface area contributed by atoms with Gasteiger partial charge in [-0.1, -0.05) is 35.5 Å². The normalized spacial score (nSPS) is 18.2. The first-order chi connectivity index (χ1) is 17.3. The summed E-state index contributed by atoms with van der Waals surface area (Å²) in [5.74, 6) is 7.76. The molecule has 1 atom stereocenters. The smallest absolute Gasteiger partial charge is 0.243 e. The number of piperazine rings is 1. The van der Waals surface area contributed by atoms with Gasteiger partial charge in [-0.3, -0.25) is 4.79 Å². The summed E-state index contributed by atoms with van der Waals surface area (Å²) in [4.78, 5) is 14.6. The van der Waals surface area contributed by atoms with E-state index in [4.69, 9.17) is 26.9 Å². The molecule has 190 valence electrons. The van der Waals surface area contributed by atoms with Crippen molar-refractivity contribution >= 4 is 39.3 Å². The Hall–Kier alpha value is -3.00. The van der Waals surface area contributed by atoms with E-state index in [2.05, 4.69) is 10.2 Å². The minimum Gasteiger partial charge on any atom is -0.485 e. The number of fused-ring (bicyclic) bond motifs is 1. The van der Waals surface area contributed by atoms with Gasteiger partial charge in [0.2, 0.25) is 21.1 Å². The lowest BCUT2D eigenvalue weighted by Gasteiger charge is -2.34. The number of thioether (sulfide) groups is 1. The fraction of sp³-hybridized carbons (Fsp3) is 0.318. The quantitative estimate of drug-likeness (QED) is 0.360. The van der Waals surface area contributed by atoms with Crippen molar-refractivity contribution in [3.8, 4) is 11.5 Å². The molecule has 3 heterocycles. The average molecular weight is 551 g/mol. The average Bonchev–Trinajstić information content (AvgIpc) is 3.27. The van der Waals surface area contributed by atoms with Crippen molar-refractivity contribution in [1.82, 2.24) is 24.1 Å². The number of halogens is 1. The zero-order valence-electron chi connectivity index (χ0n) is 19.0. The van der Waals surface area contributed by atoms with Gasteiger partial charge in [-0.05, 0) is 36.4 Å². The largest absolute Gasteiger partial charge is 0.485 e. The van der Waals surface area contributed by atoms with Gasteiger partial charge in [-0.25, -0.2) is 13.1 Å². The molecule has 3 aromatic rings. The molecule has 1 aromatic heterocycles. The molecular weight excluding hydrogens is 528 g/mol. The molecular formula is C22H23ClN6O5S2. The van der Waals surface area contributed by atoms with Gasteiger partial charge in [0.05, 0.1) is 10.6 Å². The number of aromatic nitrogens is 3. The second-order valence-electron chi connectivity index (χ2n) is 8.10. The zero-order chi connectivity index (χ0) is 25.3. The molecule has 0 aliphatic carbocycles. The number of hydrogen-bond acceptors (Lipinski definition) is 9. The van der Waals surface area contributed by atoms with Crippen LogP contribution in [0.5, 0.6) is 11.5 Å².